The van der Waals surface area contributed by atoms with Gasteiger partial charge in [-0.1, -0.05) is 12.1 Å². The number of rotatable bonds is 3. The number of methoxy groups -OCH3 is 1. The standard InChI is InChI=1S/C22H22FNO3/c1-26-20-5-2-4-17(12-20)18-13-22(27-14-18)10-3-11-24(15-22)21(25)16-6-8-19(23)9-7-16/h2,4-9,12,14H,3,10-11,13,15H2,1H3. The van der Waals surface area contributed by atoms with Crippen molar-refractivity contribution in [1.29, 1.82) is 0 Å². The van der Waals surface area contributed by atoms with Gasteiger partial charge in [-0.3, -0.25) is 4.79 Å². The second kappa shape index (κ2) is 7.06. The Kier molecular flexibility index (Phi) is 4.60. The molecule has 0 N–H and O–H groups in total. The van der Waals surface area contributed by atoms with Crippen LogP contribution in [0.1, 0.15) is 35.2 Å². The number of likely N-dealkylation sites (tertiary alicyclic amines) is 1. The van der Waals surface area contributed by atoms with Crippen LogP contribution in [-0.2, 0) is 4.74 Å². The summed E-state index contributed by atoms with van der Waals surface area (Å²) in [7, 11) is 1.65. The van der Waals surface area contributed by atoms with Crippen LogP contribution in [0.5, 0.6) is 5.75 Å². The van der Waals surface area contributed by atoms with Gasteiger partial charge in [-0.25, -0.2) is 4.39 Å². The lowest BCUT2D eigenvalue weighted by Crippen LogP contribution is -2.50. The van der Waals surface area contributed by atoms with Gasteiger partial charge in [-0.15, -0.1) is 0 Å². The highest BCUT2D eigenvalue weighted by atomic mass is 19.1. The third-order valence-corrected chi connectivity index (χ3v) is 5.32. The number of benzene rings is 2. The van der Waals surface area contributed by atoms with E-state index >= 15 is 0 Å². The number of carbonyl (C=O) groups excluding carboxylic acids is 1. The van der Waals surface area contributed by atoms with E-state index in [0.717, 1.165) is 36.1 Å². The summed E-state index contributed by atoms with van der Waals surface area (Å²) >= 11 is 0. The van der Waals surface area contributed by atoms with Gasteiger partial charge in [0.1, 0.15) is 17.2 Å². The minimum absolute atomic E-state index is 0.0764. The molecule has 4 rings (SSSR count). The number of hydrogen-bond donors (Lipinski definition) is 0. The van der Waals surface area contributed by atoms with Crippen LogP contribution in [0.25, 0.3) is 5.57 Å². The molecule has 1 spiro atoms. The molecule has 27 heavy (non-hydrogen) atoms. The van der Waals surface area contributed by atoms with Crippen LogP contribution in [0.3, 0.4) is 0 Å². The maximum absolute atomic E-state index is 13.1. The Morgan fingerprint density at radius 3 is 2.81 bits per heavy atom. The summed E-state index contributed by atoms with van der Waals surface area (Å²) in [6.07, 6.45) is 4.37. The maximum atomic E-state index is 13.1. The number of nitrogens with zero attached hydrogens (tertiary/aromatic N) is 1. The highest BCUT2D eigenvalue weighted by Gasteiger charge is 2.42. The summed E-state index contributed by atoms with van der Waals surface area (Å²) < 4.78 is 24.5. The predicted octanol–water partition coefficient (Wildman–Crippen LogP) is 4.27. The van der Waals surface area contributed by atoms with E-state index in [0.29, 0.717) is 18.7 Å². The smallest absolute Gasteiger partial charge is 0.253 e. The van der Waals surface area contributed by atoms with Crippen molar-refractivity contribution in [3.8, 4) is 5.75 Å². The molecule has 0 aromatic heterocycles. The normalized spacial score (nSPS) is 21.7. The topological polar surface area (TPSA) is 38.8 Å². The number of ether oxygens (including phenoxy) is 2. The third kappa shape index (κ3) is 3.54. The van der Waals surface area contributed by atoms with Gasteiger partial charge in [-0.2, -0.15) is 0 Å². The Labute approximate surface area is 158 Å². The fraction of sp³-hybridized carbons (Fsp3) is 0.318. The zero-order valence-electron chi connectivity index (χ0n) is 15.3. The Hall–Kier alpha value is -2.82. The molecule has 0 aliphatic carbocycles. The number of piperidine rings is 1. The minimum Gasteiger partial charge on any atom is -0.497 e. The monoisotopic (exact) mass is 367 g/mol. The van der Waals surface area contributed by atoms with Crippen LogP contribution >= 0.6 is 0 Å². The molecule has 1 atom stereocenters. The van der Waals surface area contributed by atoms with Gasteiger partial charge in [0.05, 0.1) is 19.9 Å². The van der Waals surface area contributed by atoms with E-state index in [1.165, 1.54) is 24.3 Å². The van der Waals surface area contributed by atoms with Gasteiger partial charge in [0, 0.05) is 18.5 Å². The van der Waals surface area contributed by atoms with Crippen LogP contribution in [0.4, 0.5) is 4.39 Å². The molecule has 4 nitrogen and oxygen atoms in total. The fourth-order valence-corrected chi connectivity index (χ4v) is 3.91. The SMILES string of the molecule is COc1cccc(C2=COC3(CCCN(C(=O)c4ccc(F)cc4)C3)C2)c1. The fourth-order valence-electron chi connectivity index (χ4n) is 3.91. The zero-order chi connectivity index (χ0) is 18.9. The summed E-state index contributed by atoms with van der Waals surface area (Å²) in [6, 6.07) is 13.6. The second-order valence-corrected chi connectivity index (χ2v) is 7.19. The van der Waals surface area contributed by atoms with Crippen molar-refractivity contribution >= 4 is 11.5 Å². The first kappa shape index (κ1) is 17.6. The van der Waals surface area contributed by atoms with Crippen LogP contribution in [0, 0.1) is 5.82 Å². The average molecular weight is 367 g/mol. The van der Waals surface area contributed by atoms with Gasteiger partial charge in [0.2, 0.25) is 0 Å². The molecule has 2 aromatic carbocycles. The molecule has 2 aliphatic heterocycles. The summed E-state index contributed by atoms with van der Waals surface area (Å²) in [5.41, 5.74) is 2.32. The molecule has 0 bridgehead atoms. The first-order chi connectivity index (χ1) is 13.1. The van der Waals surface area contributed by atoms with E-state index in [-0.39, 0.29) is 17.3 Å². The highest BCUT2D eigenvalue weighted by Crippen LogP contribution is 2.41. The predicted molar refractivity (Wildman–Crippen MR) is 101 cm³/mol. The van der Waals surface area contributed by atoms with E-state index in [9.17, 15) is 9.18 Å². The lowest BCUT2D eigenvalue weighted by Gasteiger charge is -2.39. The van der Waals surface area contributed by atoms with Gasteiger partial charge in [0.25, 0.3) is 5.91 Å². The van der Waals surface area contributed by atoms with Gasteiger partial charge in [-0.05, 0) is 60.4 Å². The molecule has 2 aromatic rings. The van der Waals surface area contributed by atoms with Crippen LogP contribution in [0.15, 0.2) is 54.8 Å². The van der Waals surface area contributed by atoms with Crippen molar-refractivity contribution in [2.75, 3.05) is 20.2 Å². The van der Waals surface area contributed by atoms with Gasteiger partial charge >= 0.3 is 0 Å². The molecule has 1 saturated heterocycles. The lowest BCUT2D eigenvalue weighted by molar-refractivity contribution is -0.0190. The molecular weight excluding hydrogens is 345 g/mol. The molecule has 2 heterocycles. The Bertz CT molecular complexity index is 877. The first-order valence-corrected chi connectivity index (χ1v) is 9.15. The maximum Gasteiger partial charge on any atom is 0.253 e. The van der Waals surface area contributed by atoms with Crippen LogP contribution < -0.4 is 4.74 Å². The number of halogens is 1. The number of hydrogen-bond acceptors (Lipinski definition) is 3. The highest BCUT2D eigenvalue weighted by molar-refractivity contribution is 5.94. The zero-order valence-corrected chi connectivity index (χ0v) is 15.3. The average Bonchev–Trinajstić information content (AvgIpc) is 3.11. The van der Waals surface area contributed by atoms with E-state index < -0.39 is 0 Å². The largest absolute Gasteiger partial charge is 0.497 e. The summed E-state index contributed by atoms with van der Waals surface area (Å²) in [5.74, 6) is 0.395. The van der Waals surface area contributed by atoms with Crippen LogP contribution in [0.2, 0.25) is 0 Å². The van der Waals surface area contributed by atoms with Crippen molar-refractivity contribution in [2.24, 2.45) is 0 Å². The number of amides is 1. The molecule has 1 unspecified atom stereocenters. The molecule has 1 fully saturated rings. The molecule has 1 amide bonds. The molecule has 2 aliphatic rings. The van der Waals surface area contributed by atoms with Crippen molar-refractivity contribution in [2.45, 2.75) is 24.9 Å². The van der Waals surface area contributed by atoms with Crippen molar-refractivity contribution in [3.63, 3.8) is 0 Å². The summed E-state index contributed by atoms with van der Waals surface area (Å²) in [4.78, 5) is 14.6. The van der Waals surface area contributed by atoms with Crippen molar-refractivity contribution in [3.05, 3.63) is 71.7 Å². The molecule has 5 heteroatoms. The van der Waals surface area contributed by atoms with E-state index in [4.69, 9.17) is 9.47 Å². The Morgan fingerprint density at radius 2 is 2.04 bits per heavy atom. The van der Waals surface area contributed by atoms with E-state index in [2.05, 4.69) is 0 Å². The van der Waals surface area contributed by atoms with Crippen molar-refractivity contribution < 1.29 is 18.7 Å². The van der Waals surface area contributed by atoms with Gasteiger partial charge in [0.15, 0.2) is 0 Å². The van der Waals surface area contributed by atoms with Crippen molar-refractivity contribution in [1.82, 2.24) is 4.90 Å². The Balaban J connectivity index is 1.48. The summed E-state index contributed by atoms with van der Waals surface area (Å²) in [6.45, 7) is 1.23. The lowest BCUT2D eigenvalue weighted by atomic mass is 9.86. The molecule has 140 valence electrons. The van der Waals surface area contributed by atoms with E-state index in [1.54, 1.807) is 7.11 Å². The first-order valence-electron chi connectivity index (χ1n) is 9.15. The van der Waals surface area contributed by atoms with E-state index in [1.807, 2.05) is 35.4 Å². The molecular formula is C22H22FNO3. The second-order valence-electron chi connectivity index (χ2n) is 7.19. The van der Waals surface area contributed by atoms with Gasteiger partial charge < -0.3 is 14.4 Å². The van der Waals surface area contributed by atoms with Crippen LogP contribution in [-0.4, -0.2) is 36.6 Å². The minimum atomic E-state index is -0.383. The molecule has 0 saturated carbocycles. The summed E-state index contributed by atoms with van der Waals surface area (Å²) in [5, 5.41) is 0. The Morgan fingerprint density at radius 1 is 1.22 bits per heavy atom. The molecule has 0 radical (unpaired) electrons. The third-order valence-electron chi connectivity index (χ3n) is 5.32. The quantitative estimate of drug-likeness (QED) is 0.813. The number of carbonyl (C=O) groups is 1.